The Labute approximate surface area is 178 Å². The van der Waals surface area contributed by atoms with Crippen LogP contribution in [-0.2, 0) is 20.7 Å². The molecule has 2 unspecified atom stereocenters. The van der Waals surface area contributed by atoms with Gasteiger partial charge in [-0.3, -0.25) is 9.59 Å². The van der Waals surface area contributed by atoms with E-state index in [1.165, 1.54) is 11.1 Å². The minimum absolute atomic E-state index is 0.00699. The number of hydrogen-bond donors (Lipinski definition) is 1. The Kier molecular flexibility index (Phi) is 5.91. The molecule has 0 spiro atoms. The van der Waals surface area contributed by atoms with Gasteiger partial charge in [0.15, 0.2) is 0 Å². The van der Waals surface area contributed by atoms with Crippen LogP contribution in [0.3, 0.4) is 0 Å². The topological polar surface area (TPSA) is 72.6 Å². The molecular weight excluding hydrogens is 376 g/mol. The molecule has 158 valence electrons. The third-order valence-electron chi connectivity index (χ3n) is 6.50. The molecule has 2 aromatic rings. The lowest BCUT2D eigenvalue weighted by atomic mass is 9.74. The lowest BCUT2D eigenvalue weighted by molar-refractivity contribution is -0.147. The van der Waals surface area contributed by atoms with Crippen LogP contribution in [0.2, 0.25) is 0 Å². The predicted molar refractivity (Wildman–Crippen MR) is 117 cm³/mol. The van der Waals surface area contributed by atoms with Crippen molar-refractivity contribution in [1.82, 2.24) is 4.90 Å². The SMILES string of the molecule is Cc1ccc(-c2ccc(CC3(C(N)=O)CCCN(C(=O)C4CCCO4)C3)cc2)cc1. The van der Waals surface area contributed by atoms with Crippen molar-refractivity contribution >= 4 is 11.8 Å². The van der Waals surface area contributed by atoms with Crippen molar-refractivity contribution in [2.75, 3.05) is 19.7 Å². The van der Waals surface area contributed by atoms with Gasteiger partial charge in [0.1, 0.15) is 6.10 Å². The number of likely N-dealkylation sites (tertiary alicyclic amines) is 1. The number of nitrogens with two attached hydrogens (primary N) is 1. The third kappa shape index (κ3) is 4.26. The Morgan fingerprint density at radius 1 is 1.07 bits per heavy atom. The summed E-state index contributed by atoms with van der Waals surface area (Å²) in [4.78, 5) is 27.2. The molecule has 0 saturated carbocycles. The monoisotopic (exact) mass is 406 g/mol. The Morgan fingerprint density at radius 2 is 1.73 bits per heavy atom. The number of benzene rings is 2. The fraction of sp³-hybridized carbons (Fsp3) is 0.440. The Balaban J connectivity index is 1.50. The summed E-state index contributed by atoms with van der Waals surface area (Å²) in [5, 5.41) is 0. The summed E-state index contributed by atoms with van der Waals surface area (Å²) in [5.41, 5.74) is 9.78. The van der Waals surface area contributed by atoms with E-state index >= 15 is 0 Å². The van der Waals surface area contributed by atoms with Crippen molar-refractivity contribution in [3.05, 3.63) is 59.7 Å². The van der Waals surface area contributed by atoms with Crippen LogP contribution in [0.25, 0.3) is 11.1 Å². The quantitative estimate of drug-likeness (QED) is 0.826. The lowest BCUT2D eigenvalue weighted by Crippen LogP contribution is -2.55. The highest BCUT2D eigenvalue weighted by Crippen LogP contribution is 2.35. The van der Waals surface area contributed by atoms with Crippen molar-refractivity contribution < 1.29 is 14.3 Å². The second kappa shape index (κ2) is 8.60. The molecular formula is C25H30N2O3. The first kappa shape index (κ1) is 20.6. The second-order valence-corrected chi connectivity index (χ2v) is 8.75. The third-order valence-corrected chi connectivity index (χ3v) is 6.50. The molecule has 2 aliphatic heterocycles. The number of primary amides is 1. The number of piperidine rings is 1. The molecule has 2 amide bonds. The van der Waals surface area contributed by atoms with Gasteiger partial charge in [0.2, 0.25) is 5.91 Å². The van der Waals surface area contributed by atoms with E-state index in [0.717, 1.165) is 30.4 Å². The van der Waals surface area contributed by atoms with Crippen LogP contribution < -0.4 is 5.73 Å². The minimum Gasteiger partial charge on any atom is -0.369 e. The Bertz CT molecular complexity index is 901. The van der Waals surface area contributed by atoms with Crippen molar-refractivity contribution in [2.24, 2.45) is 11.1 Å². The van der Waals surface area contributed by atoms with Crippen LogP contribution in [0.5, 0.6) is 0 Å². The zero-order chi connectivity index (χ0) is 21.1. The van der Waals surface area contributed by atoms with Crippen LogP contribution in [-0.4, -0.2) is 42.5 Å². The van der Waals surface area contributed by atoms with E-state index in [0.29, 0.717) is 32.5 Å². The highest BCUT2D eigenvalue weighted by Gasteiger charge is 2.43. The maximum Gasteiger partial charge on any atom is 0.251 e. The average molecular weight is 407 g/mol. The molecule has 2 aliphatic rings. The van der Waals surface area contributed by atoms with Gasteiger partial charge in [-0.05, 0) is 55.7 Å². The zero-order valence-electron chi connectivity index (χ0n) is 17.6. The van der Waals surface area contributed by atoms with Crippen LogP contribution in [0.15, 0.2) is 48.5 Å². The summed E-state index contributed by atoms with van der Waals surface area (Å²) in [6.45, 7) is 3.76. The molecule has 2 fully saturated rings. The summed E-state index contributed by atoms with van der Waals surface area (Å²) >= 11 is 0. The van der Waals surface area contributed by atoms with E-state index < -0.39 is 5.41 Å². The fourth-order valence-corrected chi connectivity index (χ4v) is 4.68. The lowest BCUT2D eigenvalue weighted by Gasteiger charge is -2.41. The minimum atomic E-state index is -0.724. The molecule has 2 N–H and O–H groups in total. The molecule has 2 heterocycles. The molecule has 0 aromatic heterocycles. The summed E-state index contributed by atoms with van der Waals surface area (Å²) in [7, 11) is 0. The molecule has 2 aromatic carbocycles. The number of amides is 2. The van der Waals surface area contributed by atoms with E-state index in [2.05, 4.69) is 55.5 Å². The molecule has 5 nitrogen and oxygen atoms in total. The number of ether oxygens (including phenoxy) is 1. The summed E-state index contributed by atoms with van der Waals surface area (Å²) in [5.74, 6) is -0.317. The maximum atomic E-state index is 12.8. The van der Waals surface area contributed by atoms with Crippen molar-refractivity contribution in [3.8, 4) is 11.1 Å². The first-order valence-electron chi connectivity index (χ1n) is 10.8. The summed E-state index contributed by atoms with van der Waals surface area (Å²) in [6, 6.07) is 16.8. The molecule has 30 heavy (non-hydrogen) atoms. The van der Waals surface area contributed by atoms with Crippen molar-refractivity contribution in [3.63, 3.8) is 0 Å². The van der Waals surface area contributed by atoms with E-state index in [1.54, 1.807) is 4.90 Å². The van der Waals surface area contributed by atoms with Crippen LogP contribution in [0, 0.1) is 12.3 Å². The number of rotatable bonds is 5. The van der Waals surface area contributed by atoms with Gasteiger partial charge in [-0.15, -0.1) is 0 Å². The highest BCUT2D eigenvalue weighted by molar-refractivity contribution is 5.85. The number of carbonyl (C=O) groups excluding carboxylic acids is 2. The molecule has 0 aliphatic carbocycles. The predicted octanol–water partition coefficient (Wildman–Crippen LogP) is 3.48. The average Bonchev–Trinajstić information content (AvgIpc) is 3.29. The molecule has 0 radical (unpaired) electrons. The van der Waals surface area contributed by atoms with Gasteiger partial charge in [-0.1, -0.05) is 54.1 Å². The van der Waals surface area contributed by atoms with Gasteiger partial charge < -0.3 is 15.4 Å². The maximum absolute atomic E-state index is 12.8. The molecule has 5 heteroatoms. The smallest absolute Gasteiger partial charge is 0.251 e. The number of hydrogen-bond acceptors (Lipinski definition) is 3. The van der Waals surface area contributed by atoms with Gasteiger partial charge >= 0.3 is 0 Å². The van der Waals surface area contributed by atoms with Crippen LogP contribution in [0.1, 0.15) is 36.8 Å². The van der Waals surface area contributed by atoms with Gasteiger partial charge in [0, 0.05) is 19.7 Å². The summed E-state index contributed by atoms with van der Waals surface area (Å²) in [6.07, 6.45) is 3.35. The van der Waals surface area contributed by atoms with Crippen LogP contribution >= 0.6 is 0 Å². The van der Waals surface area contributed by atoms with E-state index in [4.69, 9.17) is 10.5 Å². The van der Waals surface area contributed by atoms with Gasteiger partial charge in [-0.25, -0.2) is 0 Å². The number of aryl methyl sites for hydroxylation is 1. The molecule has 2 atom stereocenters. The van der Waals surface area contributed by atoms with Crippen LogP contribution in [0.4, 0.5) is 0 Å². The van der Waals surface area contributed by atoms with Gasteiger partial charge in [-0.2, -0.15) is 0 Å². The highest BCUT2D eigenvalue weighted by atomic mass is 16.5. The Morgan fingerprint density at radius 3 is 2.33 bits per heavy atom. The van der Waals surface area contributed by atoms with E-state index in [1.807, 2.05) is 0 Å². The number of nitrogens with zero attached hydrogens (tertiary/aromatic N) is 1. The van der Waals surface area contributed by atoms with Gasteiger partial charge in [0.05, 0.1) is 5.41 Å². The normalized spacial score (nSPS) is 24.0. The van der Waals surface area contributed by atoms with Crippen molar-refractivity contribution in [2.45, 2.75) is 45.1 Å². The van der Waals surface area contributed by atoms with E-state index in [-0.39, 0.29) is 17.9 Å². The zero-order valence-corrected chi connectivity index (χ0v) is 17.6. The summed E-state index contributed by atoms with van der Waals surface area (Å²) < 4.78 is 5.57. The first-order valence-corrected chi connectivity index (χ1v) is 10.8. The Hall–Kier alpha value is -2.66. The largest absolute Gasteiger partial charge is 0.369 e. The fourth-order valence-electron chi connectivity index (χ4n) is 4.68. The molecule has 4 rings (SSSR count). The first-order chi connectivity index (χ1) is 14.5. The molecule has 0 bridgehead atoms. The van der Waals surface area contributed by atoms with Crippen molar-refractivity contribution in [1.29, 1.82) is 0 Å². The number of carbonyl (C=O) groups is 2. The molecule has 2 saturated heterocycles. The van der Waals surface area contributed by atoms with E-state index in [9.17, 15) is 9.59 Å². The second-order valence-electron chi connectivity index (χ2n) is 8.75. The standard InChI is InChI=1S/C25H30N2O3/c1-18-5-9-20(10-6-18)21-11-7-19(8-12-21)16-25(24(26)29)13-3-14-27(17-25)23(28)22-4-2-15-30-22/h5-12,22H,2-4,13-17H2,1H3,(H2,26,29). The van der Waals surface area contributed by atoms with Gasteiger partial charge in [0.25, 0.3) is 5.91 Å².